The van der Waals surface area contributed by atoms with E-state index in [0.29, 0.717) is 52.9 Å². The molecule has 2 aromatic carbocycles. The largest absolute Gasteiger partial charge is 0.427 e. The second-order valence-electron chi connectivity index (χ2n) is 6.79. The van der Waals surface area contributed by atoms with Crippen LogP contribution in [0.2, 0.25) is 10.0 Å². The molecule has 1 aliphatic heterocycles. The highest BCUT2D eigenvalue weighted by Gasteiger charge is 2.25. The fourth-order valence-corrected chi connectivity index (χ4v) is 3.47. The molecule has 1 fully saturated rings. The van der Waals surface area contributed by atoms with E-state index in [2.05, 4.69) is 5.32 Å². The monoisotopic (exact) mass is 434 g/mol. The van der Waals surface area contributed by atoms with Gasteiger partial charge in [-0.15, -0.1) is 0 Å². The Bertz CT molecular complexity index is 940. The van der Waals surface area contributed by atoms with Gasteiger partial charge in [0.25, 0.3) is 11.8 Å². The molecule has 1 N–H and O–H groups in total. The van der Waals surface area contributed by atoms with Crippen LogP contribution in [0.3, 0.4) is 0 Å². The fourth-order valence-electron chi connectivity index (χ4n) is 3.17. The molecule has 152 valence electrons. The molecule has 1 heterocycles. The van der Waals surface area contributed by atoms with Gasteiger partial charge in [-0.3, -0.25) is 14.4 Å². The van der Waals surface area contributed by atoms with E-state index in [1.165, 1.54) is 13.0 Å². The Morgan fingerprint density at radius 3 is 2.38 bits per heavy atom. The van der Waals surface area contributed by atoms with Crippen LogP contribution in [0.5, 0.6) is 5.75 Å². The third-order valence-electron chi connectivity index (χ3n) is 4.64. The first-order chi connectivity index (χ1) is 13.8. The number of piperidine rings is 1. The number of esters is 1. The second kappa shape index (κ2) is 9.29. The van der Waals surface area contributed by atoms with Crippen LogP contribution in [0.1, 0.15) is 40.5 Å². The lowest BCUT2D eigenvalue weighted by Crippen LogP contribution is -2.46. The van der Waals surface area contributed by atoms with E-state index in [-0.39, 0.29) is 17.9 Å². The summed E-state index contributed by atoms with van der Waals surface area (Å²) in [6, 6.07) is 11.2. The second-order valence-corrected chi connectivity index (χ2v) is 7.60. The van der Waals surface area contributed by atoms with Crippen molar-refractivity contribution in [3.8, 4) is 5.75 Å². The lowest BCUT2D eigenvalue weighted by molar-refractivity contribution is -0.131. The van der Waals surface area contributed by atoms with Gasteiger partial charge in [0.1, 0.15) is 5.75 Å². The number of nitrogens with zero attached hydrogens (tertiary/aromatic N) is 1. The maximum atomic E-state index is 12.6. The molecule has 0 bridgehead atoms. The predicted molar refractivity (Wildman–Crippen MR) is 111 cm³/mol. The molecule has 29 heavy (non-hydrogen) atoms. The third-order valence-corrected chi connectivity index (χ3v) is 5.38. The summed E-state index contributed by atoms with van der Waals surface area (Å²) in [5.41, 5.74) is 0.905. The average Bonchev–Trinajstić information content (AvgIpc) is 2.70. The van der Waals surface area contributed by atoms with Crippen molar-refractivity contribution < 1.29 is 19.1 Å². The number of hydrogen-bond acceptors (Lipinski definition) is 4. The van der Waals surface area contributed by atoms with Gasteiger partial charge in [0.2, 0.25) is 0 Å². The summed E-state index contributed by atoms with van der Waals surface area (Å²) in [5, 5.41) is 3.72. The zero-order chi connectivity index (χ0) is 21.0. The fraction of sp³-hybridized carbons (Fsp3) is 0.286. The summed E-state index contributed by atoms with van der Waals surface area (Å²) < 4.78 is 5.01. The third kappa shape index (κ3) is 5.49. The summed E-state index contributed by atoms with van der Waals surface area (Å²) in [6.45, 7) is 2.36. The minimum Gasteiger partial charge on any atom is -0.427 e. The summed E-state index contributed by atoms with van der Waals surface area (Å²) in [7, 11) is 0. The summed E-state index contributed by atoms with van der Waals surface area (Å²) in [6.07, 6.45) is 1.28. The van der Waals surface area contributed by atoms with Gasteiger partial charge in [-0.05, 0) is 49.2 Å². The SMILES string of the molecule is CC(=O)Oc1cccc(C(=O)NC2CCN(C(=O)c3ccc(Cl)c(Cl)c3)CC2)c1. The number of rotatable bonds is 4. The Balaban J connectivity index is 1.55. The van der Waals surface area contributed by atoms with E-state index in [4.69, 9.17) is 27.9 Å². The highest BCUT2D eigenvalue weighted by molar-refractivity contribution is 6.42. The zero-order valence-electron chi connectivity index (χ0n) is 15.8. The van der Waals surface area contributed by atoms with Crippen LogP contribution >= 0.6 is 23.2 Å². The number of amides is 2. The molecule has 8 heteroatoms. The lowest BCUT2D eigenvalue weighted by atomic mass is 10.0. The minimum atomic E-state index is -0.443. The van der Waals surface area contributed by atoms with Gasteiger partial charge >= 0.3 is 5.97 Å². The first-order valence-electron chi connectivity index (χ1n) is 9.17. The van der Waals surface area contributed by atoms with Crippen molar-refractivity contribution in [2.75, 3.05) is 13.1 Å². The number of carbonyl (C=O) groups excluding carboxylic acids is 3. The molecule has 2 amide bonds. The van der Waals surface area contributed by atoms with Crippen LogP contribution in [0.4, 0.5) is 0 Å². The van der Waals surface area contributed by atoms with Crippen molar-refractivity contribution in [3.63, 3.8) is 0 Å². The lowest BCUT2D eigenvalue weighted by Gasteiger charge is -2.32. The van der Waals surface area contributed by atoms with E-state index >= 15 is 0 Å². The van der Waals surface area contributed by atoms with Crippen LogP contribution in [0.15, 0.2) is 42.5 Å². The first kappa shape index (κ1) is 21.1. The number of halogens is 2. The quantitative estimate of drug-likeness (QED) is 0.583. The van der Waals surface area contributed by atoms with Crippen molar-refractivity contribution in [1.29, 1.82) is 0 Å². The molecular weight excluding hydrogens is 415 g/mol. The Labute approximate surface area is 178 Å². The maximum Gasteiger partial charge on any atom is 0.308 e. The van der Waals surface area contributed by atoms with Gasteiger partial charge in [-0.1, -0.05) is 29.3 Å². The van der Waals surface area contributed by atoms with Crippen LogP contribution in [0.25, 0.3) is 0 Å². The van der Waals surface area contributed by atoms with Crippen molar-refractivity contribution in [3.05, 3.63) is 63.6 Å². The van der Waals surface area contributed by atoms with Crippen molar-refractivity contribution in [1.82, 2.24) is 10.2 Å². The van der Waals surface area contributed by atoms with Crippen molar-refractivity contribution in [2.45, 2.75) is 25.8 Å². The Morgan fingerprint density at radius 1 is 1.00 bits per heavy atom. The van der Waals surface area contributed by atoms with Crippen LogP contribution in [-0.2, 0) is 4.79 Å². The smallest absolute Gasteiger partial charge is 0.308 e. The first-order valence-corrected chi connectivity index (χ1v) is 9.93. The van der Waals surface area contributed by atoms with Gasteiger partial charge in [-0.25, -0.2) is 0 Å². The standard InChI is InChI=1S/C21H20Cl2N2O4/c1-13(26)29-17-4-2-3-14(11-17)20(27)24-16-7-9-25(10-8-16)21(28)15-5-6-18(22)19(23)12-15/h2-6,11-12,16H,7-10H2,1H3,(H,24,27). The molecule has 3 rings (SSSR count). The maximum absolute atomic E-state index is 12.6. The van der Waals surface area contributed by atoms with Gasteiger partial charge < -0.3 is 15.0 Å². The molecule has 0 atom stereocenters. The summed E-state index contributed by atoms with van der Waals surface area (Å²) in [4.78, 5) is 37.9. The molecule has 0 aromatic heterocycles. The van der Waals surface area contributed by atoms with Crippen LogP contribution in [0, 0.1) is 0 Å². The van der Waals surface area contributed by atoms with E-state index in [1.54, 1.807) is 41.3 Å². The topological polar surface area (TPSA) is 75.7 Å². The highest BCUT2D eigenvalue weighted by atomic mass is 35.5. The van der Waals surface area contributed by atoms with Gasteiger partial charge in [-0.2, -0.15) is 0 Å². The van der Waals surface area contributed by atoms with E-state index in [0.717, 1.165) is 0 Å². The molecule has 0 radical (unpaired) electrons. The number of nitrogens with one attached hydrogen (secondary N) is 1. The van der Waals surface area contributed by atoms with Gasteiger partial charge in [0, 0.05) is 37.2 Å². The Hall–Kier alpha value is -2.57. The van der Waals surface area contributed by atoms with E-state index in [9.17, 15) is 14.4 Å². The molecule has 1 saturated heterocycles. The molecule has 0 saturated carbocycles. The number of carbonyl (C=O) groups is 3. The van der Waals surface area contributed by atoms with Gasteiger partial charge in [0.05, 0.1) is 10.0 Å². The molecule has 6 nitrogen and oxygen atoms in total. The van der Waals surface area contributed by atoms with Crippen molar-refractivity contribution >= 4 is 41.0 Å². The minimum absolute atomic E-state index is 0.0438. The Kier molecular flexibility index (Phi) is 6.77. The molecule has 0 unspecified atom stereocenters. The number of ether oxygens (including phenoxy) is 1. The molecule has 0 spiro atoms. The number of benzene rings is 2. The number of hydrogen-bond donors (Lipinski definition) is 1. The molecule has 0 aliphatic carbocycles. The van der Waals surface area contributed by atoms with E-state index < -0.39 is 5.97 Å². The van der Waals surface area contributed by atoms with Gasteiger partial charge in [0.15, 0.2) is 0 Å². The molecular formula is C21H20Cl2N2O4. The molecule has 1 aliphatic rings. The van der Waals surface area contributed by atoms with Crippen molar-refractivity contribution in [2.24, 2.45) is 0 Å². The Morgan fingerprint density at radius 2 is 1.72 bits per heavy atom. The highest BCUT2D eigenvalue weighted by Crippen LogP contribution is 2.24. The summed E-state index contributed by atoms with van der Waals surface area (Å²) >= 11 is 11.9. The van der Waals surface area contributed by atoms with Crippen LogP contribution < -0.4 is 10.1 Å². The number of likely N-dealkylation sites (tertiary alicyclic amines) is 1. The van der Waals surface area contributed by atoms with Crippen LogP contribution in [-0.4, -0.2) is 41.8 Å². The summed E-state index contributed by atoms with van der Waals surface area (Å²) in [5.74, 6) is -0.468. The predicted octanol–water partition coefficient (Wildman–Crippen LogP) is 3.95. The molecule has 2 aromatic rings. The zero-order valence-corrected chi connectivity index (χ0v) is 17.3. The van der Waals surface area contributed by atoms with E-state index in [1.807, 2.05) is 0 Å². The normalized spacial score (nSPS) is 14.4. The average molecular weight is 435 g/mol.